The van der Waals surface area contributed by atoms with Gasteiger partial charge in [0.15, 0.2) is 0 Å². The Kier molecular flexibility index (Phi) is 2.71. The van der Waals surface area contributed by atoms with Crippen molar-refractivity contribution in [2.24, 2.45) is 5.92 Å². The third-order valence-corrected chi connectivity index (χ3v) is 4.63. The summed E-state index contributed by atoms with van der Waals surface area (Å²) in [4.78, 5) is 2.61. The van der Waals surface area contributed by atoms with Crippen LogP contribution in [0.5, 0.6) is 0 Å². The summed E-state index contributed by atoms with van der Waals surface area (Å²) in [6.07, 6.45) is 6.86. The van der Waals surface area contributed by atoms with Gasteiger partial charge in [0.2, 0.25) is 0 Å². The van der Waals surface area contributed by atoms with E-state index < -0.39 is 0 Å². The van der Waals surface area contributed by atoms with E-state index in [0.29, 0.717) is 6.04 Å². The summed E-state index contributed by atoms with van der Waals surface area (Å²) < 4.78 is 0. The fourth-order valence-corrected chi connectivity index (χ4v) is 3.84. The molecule has 86 valence electrons. The fraction of sp³-hybridized carbons (Fsp3) is 1.00. The van der Waals surface area contributed by atoms with E-state index in [9.17, 15) is 5.11 Å². The summed E-state index contributed by atoms with van der Waals surface area (Å²) in [5.41, 5.74) is 0. The quantitative estimate of drug-likeness (QED) is 0.665. The van der Waals surface area contributed by atoms with Gasteiger partial charge in [-0.15, -0.1) is 0 Å². The Balaban J connectivity index is 1.70. The van der Waals surface area contributed by atoms with Gasteiger partial charge >= 0.3 is 0 Å². The number of aliphatic hydroxyl groups excluding tert-OH is 1. The molecule has 0 spiro atoms. The van der Waals surface area contributed by atoms with Gasteiger partial charge in [-0.1, -0.05) is 12.8 Å². The molecule has 1 aliphatic carbocycles. The van der Waals surface area contributed by atoms with Crippen LogP contribution in [0.15, 0.2) is 0 Å². The molecule has 2 saturated heterocycles. The van der Waals surface area contributed by atoms with Crippen molar-refractivity contribution in [1.82, 2.24) is 10.2 Å². The molecule has 4 unspecified atom stereocenters. The molecular formula is C12H22N2O. The first-order chi connectivity index (χ1) is 7.36. The Bertz CT molecular complexity index is 234. The topological polar surface area (TPSA) is 35.5 Å². The van der Waals surface area contributed by atoms with Crippen molar-refractivity contribution >= 4 is 0 Å². The molecule has 3 nitrogen and oxygen atoms in total. The lowest BCUT2D eigenvalue weighted by Gasteiger charge is -2.36. The van der Waals surface area contributed by atoms with Crippen LogP contribution >= 0.6 is 0 Å². The summed E-state index contributed by atoms with van der Waals surface area (Å²) in [5, 5.41) is 13.2. The van der Waals surface area contributed by atoms with Crippen molar-refractivity contribution in [2.45, 2.75) is 50.3 Å². The zero-order chi connectivity index (χ0) is 10.3. The van der Waals surface area contributed by atoms with Crippen LogP contribution < -0.4 is 5.32 Å². The Hall–Kier alpha value is -0.120. The smallest absolute Gasteiger partial charge is 0.0831 e. The molecule has 0 radical (unpaired) electrons. The highest BCUT2D eigenvalue weighted by Gasteiger charge is 2.42. The molecule has 3 fully saturated rings. The van der Waals surface area contributed by atoms with Crippen LogP contribution in [0.2, 0.25) is 0 Å². The zero-order valence-electron chi connectivity index (χ0n) is 9.36. The summed E-state index contributed by atoms with van der Waals surface area (Å²) >= 11 is 0. The largest absolute Gasteiger partial charge is 0.390 e. The maximum Gasteiger partial charge on any atom is 0.0831 e. The normalized spacial score (nSPS) is 47.0. The lowest BCUT2D eigenvalue weighted by molar-refractivity contribution is 0.0586. The highest BCUT2D eigenvalue weighted by molar-refractivity contribution is 4.98. The van der Waals surface area contributed by atoms with Crippen LogP contribution in [0.25, 0.3) is 0 Å². The monoisotopic (exact) mass is 210 g/mol. The van der Waals surface area contributed by atoms with Crippen molar-refractivity contribution in [3.05, 3.63) is 0 Å². The third kappa shape index (κ3) is 1.71. The first kappa shape index (κ1) is 10.1. The number of β-amino-alcohol motifs (C(OH)–C–C–N with tert-alkyl or cyclic N) is 1. The van der Waals surface area contributed by atoms with Crippen molar-refractivity contribution < 1.29 is 5.11 Å². The Morgan fingerprint density at radius 1 is 1.00 bits per heavy atom. The van der Waals surface area contributed by atoms with Gasteiger partial charge in [0.05, 0.1) is 6.10 Å². The van der Waals surface area contributed by atoms with E-state index in [1.165, 1.54) is 38.6 Å². The number of likely N-dealkylation sites (tertiary alicyclic amines) is 1. The Labute approximate surface area is 91.8 Å². The summed E-state index contributed by atoms with van der Waals surface area (Å²) in [6.45, 7) is 3.00. The molecular weight excluding hydrogens is 188 g/mol. The standard InChI is InChI=1S/C12H22N2O/c15-12-8-13-7-11(12)14-6-5-9-3-1-2-4-10(9)14/h9-13,15H,1-8H2. The number of rotatable bonds is 1. The maximum atomic E-state index is 9.94. The van der Waals surface area contributed by atoms with E-state index in [1.54, 1.807) is 0 Å². The highest BCUT2D eigenvalue weighted by Crippen LogP contribution is 2.37. The van der Waals surface area contributed by atoms with E-state index in [-0.39, 0.29) is 6.10 Å². The third-order valence-electron chi connectivity index (χ3n) is 4.63. The summed E-state index contributed by atoms with van der Waals surface area (Å²) in [7, 11) is 0. The van der Waals surface area contributed by atoms with Crippen molar-refractivity contribution in [2.75, 3.05) is 19.6 Å². The van der Waals surface area contributed by atoms with Gasteiger partial charge < -0.3 is 10.4 Å². The summed E-state index contributed by atoms with van der Waals surface area (Å²) in [6, 6.07) is 1.19. The molecule has 2 N–H and O–H groups in total. The first-order valence-electron chi connectivity index (χ1n) is 6.51. The molecule has 3 heteroatoms. The molecule has 0 aromatic carbocycles. The Morgan fingerprint density at radius 3 is 2.67 bits per heavy atom. The second kappa shape index (κ2) is 4.04. The average molecular weight is 210 g/mol. The first-order valence-corrected chi connectivity index (χ1v) is 6.51. The molecule has 4 atom stereocenters. The molecule has 3 rings (SSSR count). The van der Waals surface area contributed by atoms with Crippen molar-refractivity contribution in [3.63, 3.8) is 0 Å². The van der Waals surface area contributed by atoms with Gasteiger partial charge in [0, 0.05) is 25.2 Å². The number of hydrogen-bond acceptors (Lipinski definition) is 3. The predicted molar refractivity (Wildman–Crippen MR) is 59.7 cm³/mol. The Morgan fingerprint density at radius 2 is 1.87 bits per heavy atom. The maximum absolute atomic E-state index is 9.94. The fourth-order valence-electron chi connectivity index (χ4n) is 3.84. The van der Waals surface area contributed by atoms with Gasteiger partial charge in [-0.25, -0.2) is 0 Å². The minimum Gasteiger partial charge on any atom is -0.390 e. The van der Waals surface area contributed by atoms with Gasteiger partial charge in [-0.2, -0.15) is 0 Å². The summed E-state index contributed by atoms with van der Waals surface area (Å²) in [5.74, 6) is 0.937. The van der Waals surface area contributed by atoms with Crippen molar-refractivity contribution in [3.8, 4) is 0 Å². The van der Waals surface area contributed by atoms with Gasteiger partial charge in [0.1, 0.15) is 0 Å². The number of nitrogens with zero attached hydrogens (tertiary/aromatic N) is 1. The predicted octanol–water partition coefficient (Wildman–Crippen LogP) is 0.584. The average Bonchev–Trinajstić information content (AvgIpc) is 2.83. The second-order valence-corrected chi connectivity index (χ2v) is 5.43. The van der Waals surface area contributed by atoms with Crippen LogP contribution in [0.1, 0.15) is 32.1 Å². The molecule has 1 saturated carbocycles. The molecule has 2 aliphatic heterocycles. The van der Waals surface area contributed by atoms with Gasteiger partial charge in [-0.3, -0.25) is 4.90 Å². The number of aliphatic hydroxyl groups is 1. The van der Waals surface area contributed by atoms with Gasteiger partial charge in [-0.05, 0) is 31.7 Å². The second-order valence-electron chi connectivity index (χ2n) is 5.43. The van der Waals surface area contributed by atoms with E-state index in [1.807, 2.05) is 0 Å². The molecule has 0 bridgehead atoms. The van der Waals surface area contributed by atoms with E-state index in [2.05, 4.69) is 10.2 Å². The highest BCUT2D eigenvalue weighted by atomic mass is 16.3. The number of nitrogens with one attached hydrogen (secondary N) is 1. The van der Waals surface area contributed by atoms with Crippen LogP contribution in [0, 0.1) is 5.92 Å². The van der Waals surface area contributed by atoms with Crippen molar-refractivity contribution in [1.29, 1.82) is 0 Å². The molecule has 2 heterocycles. The number of fused-ring (bicyclic) bond motifs is 1. The minimum absolute atomic E-state index is 0.134. The van der Waals surface area contributed by atoms with Crippen LogP contribution in [0.3, 0.4) is 0 Å². The molecule has 15 heavy (non-hydrogen) atoms. The molecule has 0 aromatic rings. The van der Waals surface area contributed by atoms with E-state index in [4.69, 9.17) is 0 Å². The SMILES string of the molecule is OC1CNCC1N1CCC2CCCCC21. The minimum atomic E-state index is -0.134. The molecule has 3 aliphatic rings. The van der Waals surface area contributed by atoms with Gasteiger partial charge in [0.25, 0.3) is 0 Å². The molecule has 0 amide bonds. The van der Waals surface area contributed by atoms with Crippen LogP contribution in [-0.4, -0.2) is 47.8 Å². The lowest BCUT2D eigenvalue weighted by Crippen LogP contribution is -2.47. The lowest BCUT2D eigenvalue weighted by atomic mass is 9.85. The number of hydrogen-bond donors (Lipinski definition) is 2. The van der Waals surface area contributed by atoms with E-state index in [0.717, 1.165) is 25.0 Å². The van der Waals surface area contributed by atoms with Crippen LogP contribution in [-0.2, 0) is 0 Å². The zero-order valence-corrected chi connectivity index (χ0v) is 9.36. The van der Waals surface area contributed by atoms with Crippen LogP contribution in [0.4, 0.5) is 0 Å². The molecule has 0 aromatic heterocycles. The van der Waals surface area contributed by atoms with E-state index >= 15 is 0 Å².